The second-order valence-corrected chi connectivity index (χ2v) is 5.58. The molecule has 1 amide bonds. The molecule has 0 unspecified atom stereocenters. The summed E-state index contributed by atoms with van der Waals surface area (Å²) in [5, 5.41) is 14.9. The summed E-state index contributed by atoms with van der Waals surface area (Å²) in [4.78, 5) is 11.8. The molecule has 0 spiro atoms. The van der Waals surface area contributed by atoms with E-state index >= 15 is 0 Å². The van der Waals surface area contributed by atoms with Crippen LogP contribution in [0.25, 0.3) is 0 Å². The number of nitriles is 1. The number of hydrogen-bond acceptors (Lipinski definition) is 6. The molecule has 0 saturated carbocycles. The number of halogens is 3. The highest BCUT2D eigenvalue weighted by molar-refractivity contribution is 5.84. The van der Waals surface area contributed by atoms with Crippen molar-refractivity contribution in [2.75, 3.05) is 25.6 Å². The molecule has 0 heterocycles. The van der Waals surface area contributed by atoms with Crippen LogP contribution in [0.5, 0.6) is 11.5 Å². The Balaban J connectivity index is 1.89. The third-order valence-corrected chi connectivity index (χ3v) is 3.53. The van der Waals surface area contributed by atoms with Gasteiger partial charge in [0.15, 0.2) is 18.1 Å². The standard InChI is InChI=1S/C19H17F3N4O3/c1-28-17-9-13(5-6-16(17)29-8-7-23)11-25-26-18(27)12-24-15-4-2-3-14(10-15)19(20,21)22/h2-6,9-11,24H,8,12H2,1H3,(H,26,27)/b25-11-. The Morgan fingerprint density at radius 1 is 1.24 bits per heavy atom. The van der Waals surface area contributed by atoms with Gasteiger partial charge in [-0.3, -0.25) is 4.79 Å². The number of anilines is 1. The van der Waals surface area contributed by atoms with Gasteiger partial charge in [-0.1, -0.05) is 6.07 Å². The van der Waals surface area contributed by atoms with E-state index in [9.17, 15) is 18.0 Å². The summed E-state index contributed by atoms with van der Waals surface area (Å²) in [6.45, 7) is -0.387. The van der Waals surface area contributed by atoms with Gasteiger partial charge in [0.05, 0.1) is 25.4 Å². The summed E-state index contributed by atoms with van der Waals surface area (Å²) in [6.07, 6.45) is -3.10. The van der Waals surface area contributed by atoms with Crippen LogP contribution >= 0.6 is 0 Å². The summed E-state index contributed by atoms with van der Waals surface area (Å²) < 4.78 is 48.4. The lowest BCUT2D eigenvalue weighted by Gasteiger charge is -2.10. The number of rotatable bonds is 8. The van der Waals surface area contributed by atoms with Crippen LogP contribution < -0.4 is 20.2 Å². The summed E-state index contributed by atoms with van der Waals surface area (Å²) in [6, 6.07) is 11.2. The van der Waals surface area contributed by atoms with E-state index in [1.54, 1.807) is 18.2 Å². The summed E-state index contributed by atoms with van der Waals surface area (Å²) >= 11 is 0. The third-order valence-electron chi connectivity index (χ3n) is 3.53. The molecule has 2 N–H and O–H groups in total. The van der Waals surface area contributed by atoms with Crippen LogP contribution in [0.1, 0.15) is 11.1 Å². The Morgan fingerprint density at radius 2 is 2.03 bits per heavy atom. The van der Waals surface area contributed by atoms with Gasteiger partial charge < -0.3 is 14.8 Å². The van der Waals surface area contributed by atoms with Gasteiger partial charge in [0.2, 0.25) is 0 Å². The number of amides is 1. The molecule has 0 atom stereocenters. The number of carbonyl (C=O) groups excluding carboxylic acids is 1. The van der Waals surface area contributed by atoms with Crippen molar-refractivity contribution >= 4 is 17.8 Å². The Morgan fingerprint density at radius 3 is 2.72 bits per heavy atom. The van der Waals surface area contributed by atoms with Crippen molar-refractivity contribution in [3.05, 3.63) is 53.6 Å². The number of carbonyl (C=O) groups is 1. The molecule has 0 saturated heterocycles. The number of methoxy groups -OCH3 is 1. The maximum atomic E-state index is 12.7. The van der Waals surface area contributed by atoms with Crippen molar-refractivity contribution in [3.63, 3.8) is 0 Å². The van der Waals surface area contributed by atoms with Crippen LogP contribution in [0.4, 0.5) is 18.9 Å². The number of benzene rings is 2. The Kier molecular flexibility index (Phi) is 7.42. The first-order valence-electron chi connectivity index (χ1n) is 8.24. The fraction of sp³-hybridized carbons (Fsp3) is 0.211. The lowest BCUT2D eigenvalue weighted by Crippen LogP contribution is -2.26. The highest BCUT2D eigenvalue weighted by Gasteiger charge is 2.30. The molecule has 29 heavy (non-hydrogen) atoms. The van der Waals surface area contributed by atoms with E-state index in [0.29, 0.717) is 17.1 Å². The minimum Gasteiger partial charge on any atom is -0.493 e. The molecule has 0 aliphatic carbocycles. The first-order valence-corrected chi connectivity index (χ1v) is 8.24. The number of hydrogen-bond donors (Lipinski definition) is 2. The van der Waals surface area contributed by atoms with Crippen molar-refractivity contribution in [3.8, 4) is 17.6 Å². The van der Waals surface area contributed by atoms with Crippen molar-refractivity contribution < 1.29 is 27.4 Å². The number of ether oxygens (including phenoxy) is 2. The van der Waals surface area contributed by atoms with Gasteiger partial charge in [-0.15, -0.1) is 0 Å². The molecule has 7 nitrogen and oxygen atoms in total. The lowest BCUT2D eigenvalue weighted by atomic mass is 10.2. The Hall–Kier alpha value is -3.74. The number of hydrazone groups is 1. The molecule has 2 rings (SSSR count). The molecule has 0 fully saturated rings. The van der Waals surface area contributed by atoms with Crippen LogP contribution in [0, 0.1) is 11.3 Å². The Bertz CT molecular complexity index is 924. The zero-order valence-corrected chi connectivity index (χ0v) is 15.3. The molecule has 2 aromatic rings. The molecule has 0 radical (unpaired) electrons. The summed E-state index contributed by atoms with van der Waals surface area (Å²) in [7, 11) is 1.44. The maximum absolute atomic E-state index is 12.7. The minimum absolute atomic E-state index is 0.126. The first-order chi connectivity index (χ1) is 13.8. The normalized spacial score (nSPS) is 11.0. The zero-order chi connectivity index (χ0) is 21.3. The molecule has 10 heteroatoms. The van der Waals surface area contributed by atoms with Gasteiger partial charge in [-0.05, 0) is 42.0 Å². The molecule has 0 aliphatic rings. The highest BCUT2D eigenvalue weighted by Crippen LogP contribution is 2.30. The predicted molar refractivity (Wildman–Crippen MR) is 99.8 cm³/mol. The lowest BCUT2D eigenvalue weighted by molar-refractivity contribution is -0.137. The molecule has 2 aromatic carbocycles. The van der Waals surface area contributed by atoms with E-state index in [-0.39, 0.29) is 18.8 Å². The van der Waals surface area contributed by atoms with Gasteiger partial charge in [0.1, 0.15) is 6.07 Å². The average Bonchev–Trinajstić information content (AvgIpc) is 2.70. The van der Waals surface area contributed by atoms with Crippen molar-refractivity contribution in [2.45, 2.75) is 6.18 Å². The zero-order valence-electron chi connectivity index (χ0n) is 15.3. The molecule has 0 aromatic heterocycles. The van der Waals surface area contributed by atoms with Crippen LogP contribution in [0.2, 0.25) is 0 Å². The van der Waals surface area contributed by atoms with Crippen molar-refractivity contribution in [1.82, 2.24) is 5.43 Å². The van der Waals surface area contributed by atoms with Crippen molar-refractivity contribution in [1.29, 1.82) is 5.26 Å². The van der Waals surface area contributed by atoms with E-state index < -0.39 is 17.6 Å². The molecule has 0 aliphatic heterocycles. The molecule has 152 valence electrons. The fourth-order valence-corrected chi connectivity index (χ4v) is 2.20. The van der Waals surface area contributed by atoms with Crippen LogP contribution in [0.15, 0.2) is 47.6 Å². The SMILES string of the molecule is COc1cc(/C=N\NC(=O)CNc2cccc(C(F)(F)F)c2)ccc1OCC#N. The van der Waals surface area contributed by atoms with E-state index in [1.165, 1.54) is 25.5 Å². The van der Waals surface area contributed by atoms with Gasteiger partial charge in [-0.25, -0.2) is 5.43 Å². The van der Waals surface area contributed by atoms with E-state index in [0.717, 1.165) is 12.1 Å². The fourth-order valence-electron chi connectivity index (χ4n) is 2.20. The smallest absolute Gasteiger partial charge is 0.416 e. The van der Waals surface area contributed by atoms with Gasteiger partial charge in [0.25, 0.3) is 5.91 Å². The minimum atomic E-state index is -4.46. The third kappa shape index (κ3) is 6.73. The first kappa shape index (κ1) is 21.6. The van der Waals surface area contributed by atoms with Gasteiger partial charge in [0, 0.05) is 5.69 Å². The maximum Gasteiger partial charge on any atom is 0.416 e. The second kappa shape index (κ2) is 9.98. The van der Waals surface area contributed by atoms with Crippen LogP contribution in [0.3, 0.4) is 0 Å². The number of nitrogens with zero attached hydrogens (tertiary/aromatic N) is 2. The van der Waals surface area contributed by atoms with E-state index in [4.69, 9.17) is 14.7 Å². The van der Waals surface area contributed by atoms with Gasteiger partial charge >= 0.3 is 6.18 Å². The topological polar surface area (TPSA) is 95.7 Å². The molecule has 0 bridgehead atoms. The monoisotopic (exact) mass is 406 g/mol. The van der Waals surface area contributed by atoms with E-state index in [2.05, 4.69) is 15.8 Å². The van der Waals surface area contributed by atoms with Crippen LogP contribution in [-0.4, -0.2) is 32.4 Å². The highest BCUT2D eigenvalue weighted by atomic mass is 19.4. The largest absolute Gasteiger partial charge is 0.493 e. The predicted octanol–water partition coefficient (Wildman–Crippen LogP) is 3.18. The summed E-state index contributed by atoms with van der Waals surface area (Å²) in [5.74, 6) is 0.238. The Labute approximate surface area is 164 Å². The number of nitrogens with one attached hydrogen (secondary N) is 2. The van der Waals surface area contributed by atoms with Gasteiger partial charge in [-0.2, -0.15) is 23.5 Å². The van der Waals surface area contributed by atoms with E-state index in [1.807, 2.05) is 6.07 Å². The quantitative estimate of drug-likeness (QED) is 0.519. The number of alkyl halides is 3. The second-order valence-electron chi connectivity index (χ2n) is 5.58. The van der Waals surface area contributed by atoms with Crippen molar-refractivity contribution in [2.24, 2.45) is 5.10 Å². The molecular weight excluding hydrogens is 389 g/mol. The average molecular weight is 406 g/mol. The molecular formula is C19H17F3N4O3. The van der Waals surface area contributed by atoms with Crippen LogP contribution in [-0.2, 0) is 11.0 Å². The summed E-state index contributed by atoms with van der Waals surface area (Å²) in [5.41, 5.74) is 2.21.